The SMILES string of the molecule is Nc1ccc(NS(=O)(=O)c2ccc(Br)cc2F)c(Br)c1. The van der Waals surface area contributed by atoms with Crippen LogP contribution in [0.25, 0.3) is 0 Å². The van der Waals surface area contributed by atoms with Gasteiger partial charge in [0.2, 0.25) is 0 Å². The van der Waals surface area contributed by atoms with Crippen LogP contribution in [0.3, 0.4) is 0 Å². The van der Waals surface area contributed by atoms with Crippen LogP contribution in [0.4, 0.5) is 15.8 Å². The van der Waals surface area contributed by atoms with Gasteiger partial charge in [0.1, 0.15) is 10.7 Å². The van der Waals surface area contributed by atoms with E-state index in [9.17, 15) is 12.8 Å². The molecule has 0 aliphatic rings. The van der Waals surface area contributed by atoms with Crippen molar-refractivity contribution < 1.29 is 12.8 Å². The first-order valence-electron chi connectivity index (χ1n) is 5.32. The highest BCUT2D eigenvalue weighted by Crippen LogP contribution is 2.28. The molecule has 0 bridgehead atoms. The van der Waals surface area contributed by atoms with Gasteiger partial charge in [-0.1, -0.05) is 15.9 Å². The Morgan fingerprint density at radius 1 is 1.10 bits per heavy atom. The zero-order chi connectivity index (χ0) is 14.9. The molecule has 2 rings (SSSR count). The highest BCUT2D eigenvalue weighted by Gasteiger charge is 2.20. The van der Waals surface area contributed by atoms with Crippen molar-refractivity contribution in [2.45, 2.75) is 4.90 Å². The summed E-state index contributed by atoms with van der Waals surface area (Å²) in [5.74, 6) is -0.835. The predicted octanol–water partition coefficient (Wildman–Crippen LogP) is 3.73. The highest BCUT2D eigenvalue weighted by atomic mass is 79.9. The summed E-state index contributed by atoms with van der Waals surface area (Å²) in [6.07, 6.45) is 0. The minimum atomic E-state index is -4.01. The van der Waals surface area contributed by atoms with E-state index in [-0.39, 0.29) is 5.69 Å². The van der Waals surface area contributed by atoms with Crippen molar-refractivity contribution in [2.24, 2.45) is 0 Å². The summed E-state index contributed by atoms with van der Waals surface area (Å²) in [4.78, 5) is -0.426. The molecule has 0 atom stereocenters. The number of hydrogen-bond acceptors (Lipinski definition) is 3. The van der Waals surface area contributed by atoms with Crippen molar-refractivity contribution in [3.8, 4) is 0 Å². The average Bonchev–Trinajstić information content (AvgIpc) is 2.32. The first-order chi connectivity index (χ1) is 9.29. The van der Waals surface area contributed by atoms with Crippen LogP contribution in [-0.4, -0.2) is 8.42 Å². The molecule has 0 heterocycles. The predicted molar refractivity (Wildman–Crippen MR) is 83.5 cm³/mol. The van der Waals surface area contributed by atoms with Crippen molar-refractivity contribution in [1.29, 1.82) is 0 Å². The Kier molecular flexibility index (Phi) is 4.36. The highest BCUT2D eigenvalue weighted by molar-refractivity contribution is 9.10. The molecule has 0 saturated carbocycles. The van der Waals surface area contributed by atoms with E-state index in [0.29, 0.717) is 14.6 Å². The Labute approximate surface area is 132 Å². The van der Waals surface area contributed by atoms with Gasteiger partial charge in [-0.3, -0.25) is 4.72 Å². The summed E-state index contributed by atoms with van der Waals surface area (Å²) < 4.78 is 41.3. The molecule has 0 aliphatic carbocycles. The summed E-state index contributed by atoms with van der Waals surface area (Å²) in [6.45, 7) is 0. The third kappa shape index (κ3) is 3.31. The van der Waals surface area contributed by atoms with Gasteiger partial charge in [-0.05, 0) is 52.3 Å². The lowest BCUT2D eigenvalue weighted by atomic mass is 10.3. The fourth-order valence-corrected chi connectivity index (χ4v) is 3.61. The zero-order valence-corrected chi connectivity index (χ0v) is 13.9. The van der Waals surface area contributed by atoms with Gasteiger partial charge in [-0.25, -0.2) is 12.8 Å². The van der Waals surface area contributed by atoms with Gasteiger partial charge in [0.15, 0.2) is 0 Å². The third-order valence-corrected chi connectivity index (χ3v) is 4.97. The molecule has 0 saturated heterocycles. The number of benzene rings is 2. The first kappa shape index (κ1) is 15.3. The van der Waals surface area contributed by atoms with Gasteiger partial charge >= 0.3 is 0 Å². The summed E-state index contributed by atoms with van der Waals surface area (Å²) in [5, 5.41) is 0. The van der Waals surface area contributed by atoms with Gasteiger partial charge in [0, 0.05) is 14.6 Å². The summed E-state index contributed by atoms with van der Waals surface area (Å²) >= 11 is 6.27. The molecule has 0 spiro atoms. The van der Waals surface area contributed by atoms with Crippen molar-refractivity contribution in [2.75, 3.05) is 10.5 Å². The van der Waals surface area contributed by atoms with E-state index < -0.39 is 20.7 Å². The Morgan fingerprint density at radius 3 is 2.40 bits per heavy atom. The van der Waals surface area contributed by atoms with Crippen LogP contribution in [0.5, 0.6) is 0 Å². The summed E-state index contributed by atoms with van der Waals surface area (Å²) in [5.41, 5.74) is 6.33. The lowest BCUT2D eigenvalue weighted by molar-refractivity contribution is 0.570. The number of nitrogens with one attached hydrogen (secondary N) is 1. The largest absolute Gasteiger partial charge is 0.399 e. The number of halogens is 3. The molecule has 0 amide bonds. The molecule has 0 aliphatic heterocycles. The summed E-state index contributed by atoms with van der Waals surface area (Å²) in [6, 6.07) is 8.32. The normalized spacial score (nSPS) is 11.3. The van der Waals surface area contributed by atoms with Crippen molar-refractivity contribution in [1.82, 2.24) is 0 Å². The van der Waals surface area contributed by atoms with Crippen LogP contribution in [0.2, 0.25) is 0 Å². The average molecular weight is 424 g/mol. The molecular formula is C12H9Br2FN2O2S. The number of hydrogen-bond donors (Lipinski definition) is 2. The topological polar surface area (TPSA) is 72.2 Å². The molecule has 20 heavy (non-hydrogen) atoms. The summed E-state index contributed by atoms with van der Waals surface area (Å²) in [7, 11) is -4.01. The molecular weight excluding hydrogens is 415 g/mol. The van der Waals surface area contributed by atoms with E-state index in [1.807, 2.05) is 0 Å². The number of rotatable bonds is 3. The van der Waals surface area contributed by atoms with Crippen molar-refractivity contribution in [3.63, 3.8) is 0 Å². The number of nitrogens with two attached hydrogens (primary N) is 1. The second-order valence-electron chi connectivity index (χ2n) is 3.92. The number of anilines is 2. The van der Waals surface area contributed by atoms with Crippen LogP contribution in [0.15, 0.2) is 50.2 Å². The minimum Gasteiger partial charge on any atom is -0.399 e. The van der Waals surface area contributed by atoms with E-state index in [2.05, 4.69) is 36.6 Å². The molecule has 4 nitrogen and oxygen atoms in total. The third-order valence-electron chi connectivity index (χ3n) is 2.42. The van der Waals surface area contributed by atoms with Crippen LogP contribution in [0.1, 0.15) is 0 Å². The molecule has 0 radical (unpaired) electrons. The van der Waals surface area contributed by atoms with E-state index in [0.717, 1.165) is 6.07 Å². The Morgan fingerprint density at radius 2 is 1.80 bits per heavy atom. The molecule has 0 fully saturated rings. The van der Waals surface area contributed by atoms with Crippen molar-refractivity contribution >= 4 is 53.3 Å². The van der Waals surface area contributed by atoms with E-state index >= 15 is 0 Å². The van der Waals surface area contributed by atoms with E-state index in [4.69, 9.17) is 5.73 Å². The maximum atomic E-state index is 13.7. The quantitative estimate of drug-likeness (QED) is 0.738. The van der Waals surface area contributed by atoms with Crippen LogP contribution >= 0.6 is 31.9 Å². The molecule has 0 aromatic heterocycles. The van der Waals surface area contributed by atoms with Gasteiger partial charge in [-0.2, -0.15) is 0 Å². The van der Waals surface area contributed by atoms with E-state index in [1.54, 1.807) is 12.1 Å². The molecule has 0 unspecified atom stereocenters. The van der Waals surface area contributed by atoms with Gasteiger partial charge in [0.25, 0.3) is 10.0 Å². The Balaban J connectivity index is 2.41. The van der Waals surface area contributed by atoms with Crippen LogP contribution < -0.4 is 10.5 Å². The van der Waals surface area contributed by atoms with Gasteiger partial charge in [-0.15, -0.1) is 0 Å². The van der Waals surface area contributed by atoms with Gasteiger partial charge < -0.3 is 5.73 Å². The van der Waals surface area contributed by atoms with Crippen LogP contribution in [0, 0.1) is 5.82 Å². The minimum absolute atomic E-state index is 0.279. The standard InChI is InChI=1S/C12H9Br2FN2O2S/c13-7-1-4-12(10(15)5-7)20(18,19)17-11-3-2-8(16)6-9(11)14/h1-6,17H,16H2. The van der Waals surface area contributed by atoms with Gasteiger partial charge in [0.05, 0.1) is 5.69 Å². The monoisotopic (exact) mass is 422 g/mol. The lowest BCUT2D eigenvalue weighted by Crippen LogP contribution is -2.15. The lowest BCUT2D eigenvalue weighted by Gasteiger charge is -2.11. The fourth-order valence-electron chi connectivity index (χ4n) is 1.51. The maximum Gasteiger partial charge on any atom is 0.264 e. The maximum absolute atomic E-state index is 13.7. The first-order valence-corrected chi connectivity index (χ1v) is 8.39. The van der Waals surface area contributed by atoms with Crippen LogP contribution in [-0.2, 0) is 10.0 Å². The Bertz CT molecular complexity index is 766. The molecule has 8 heteroatoms. The molecule has 2 aromatic carbocycles. The van der Waals surface area contributed by atoms with Crippen molar-refractivity contribution in [3.05, 3.63) is 51.2 Å². The Hall–Kier alpha value is -1.12. The fraction of sp³-hybridized carbons (Fsp3) is 0. The van der Waals surface area contributed by atoms with E-state index in [1.165, 1.54) is 18.2 Å². The molecule has 2 aromatic rings. The smallest absolute Gasteiger partial charge is 0.264 e. The second-order valence-corrected chi connectivity index (χ2v) is 7.34. The number of sulfonamides is 1. The number of nitrogen functional groups attached to an aromatic ring is 1. The zero-order valence-electron chi connectivity index (χ0n) is 9.90. The molecule has 3 N–H and O–H groups in total. The second kappa shape index (κ2) is 5.71. The molecule has 106 valence electrons.